The highest BCUT2D eigenvalue weighted by atomic mass is 35.5. The Kier molecular flexibility index (Phi) is 10.4. The average Bonchev–Trinajstić information content (AvgIpc) is 3.66. The van der Waals surface area contributed by atoms with Gasteiger partial charge >= 0.3 is 5.97 Å². The highest BCUT2D eigenvalue weighted by Gasteiger charge is 2.34. The van der Waals surface area contributed by atoms with E-state index in [0.717, 1.165) is 78.8 Å². The number of halogens is 1. The lowest BCUT2D eigenvalue weighted by atomic mass is 9.94. The van der Waals surface area contributed by atoms with Crippen molar-refractivity contribution in [1.82, 2.24) is 24.6 Å². The number of aromatic nitrogens is 4. The second-order valence-corrected chi connectivity index (χ2v) is 14.3. The van der Waals surface area contributed by atoms with Gasteiger partial charge in [0.05, 0.1) is 12.3 Å². The van der Waals surface area contributed by atoms with Gasteiger partial charge in [0.15, 0.2) is 5.82 Å². The number of rotatable bonds is 11. The molecule has 0 bridgehead atoms. The molecule has 0 aliphatic carbocycles. The van der Waals surface area contributed by atoms with Crippen molar-refractivity contribution in [2.24, 2.45) is 4.99 Å². The molecule has 0 saturated heterocycles. The third-order valence-corrected chi connectivity index (χ3v) is 10.9. The molecule has 2 aromatic carbocycles. The fourth-order valence-electron chi connectivity index (χ4n) is 6.97. The summed E-state index contributed by atoms with van der Waals surface area (Å²) in [5, 5.41) is 10.8. The number of carbonyl (C=O) groups excluding carboxylic acids is 1. The van der Waals surface area contributed by atoms with Crippen LogP contribution in [0.15, 0.2) is 84.1 Å². The van der Waals surface area contributed by atoms with E-state index in [4.69, 9.17) is 21.3 Å². The lowest BCUT2D eigenvalue weighted by Crippen LogP contribution is -2.30. The number of hydrogen-bond donors (Lipinski definition) is 0. The van der Waals surface area contributed by atoms with Gasteiger partial charge in [0.2, 0.25) is 0 Å². The Labute approximate surface area is 302 Å². The Morgan fingerprint density at radius 3 is 2.76 bits per heavy atom. The van der Waals surface area contributed by atoms with Crippen molar-refractivity contribution in [3.05, 3.63) is 134 Å². The normalized spacial score (nSPS) is 15.9. The smallest absolute Gasteiger partial charge is 0.305 e. The van der Waals surface area contributed by atoms with Gasteiger partial charge in [0, 0.05) is 65.0 Å². The maximum Gasteiger partial charge on any atom is 0.305 e. The summed E-state index contributed by atoms with van der Waals surface area (Å²) in [4.78, 5) is 25.3. The molecule has 1 unspecified atom stereocenters. The van der Waals surface area contributed by atoms with Crippen molar-refractivity contribution < 1.29 is 9.53 Å². The van der Waals surface area contributed by atoms with Crippen LogP contribution in [0.2, 0.25) is 5.02 Å². The summed E-state index contributed by atoms with van der Waals surface area (Å²) in [6, 6.07) is 20.8. The number of allylic oxidation sites excluding steroid dienone is 1. The molecule has 0 amide bonds. The summed E-state index contributed by atoms with van der Waals surface area (Å²) in [7, 11) is 0. The molecule has 0 spiro atoms. The zero-order valence-electron chi connectivity index (χ0n) is 28.7. The standard InChI is InChI=1S/C40H41ClN6O2S/c1-4-49-36(48)18-7-5-6-15-31(30-14-11-20-42-23-30)29-13-10-12-28(22-29)24-46-21-19-33-35(25-46)50-40-37(33)38(32-16-8-9-17-34(32)41)43-26(2)39-45-44-27(3)47(39)40/h8-17,20,22-23,26H,4-7,18-19,21,24-25H2,1-3H3/b31-15+. The molecule has 3 aromatic heterocycles. The van der Waals surface area contributed by atoms with Crippen LogP contribution in [0.1, 0.15) is 95.5 Å². The molecular formula is C40H41ClN6O2S. The van der Waals surface area contributed by atoms with Crippen LogP contribution >= 0.6 is 22.9 Å². The van der Waals surface area contributed by atoms with Crippen molar-refractivity contribution in [3.63, 3.8) is 0 Å². The van der Waals surface area contributed by atoms with Crippen molar-refractivity contribution in [2.45, 2.75) is 72.0 Å². The Morgan fingerprint density at radius 1 is 1.08 bits per heavy atom. The summed E-state index contributed by atoms with van der Waals surface area (Å²) in [5.41, 5.74) is 9.11. The highest BCUT2D eigenvalue weighted by molar-refractivity contribution is 7.15. The number of pyridine rings is 1. The van der Waals surface area contributed by atoms with Gasteiger partial charge in [-0.3, -0.25) is 24.2 Å². The zero-order chi connectivity index (χ0) is 34.6. The van der Waals surface area contributed by atoms with Crippen LogP contribution in [0.4, 0.5) is 0 Å². The van der Waals surface area contributed by atoms with Gasteiger partial charge in [0.1, 0.15) is 16.9 Å². The molecule has 10 heteroatoms. The van der Waals surface area contributed by atoms with Crippen LogP contribution in [0.5, 0.6) is 0 Å². The molecule has 7 rings (SSSR count). The van der Waals surface area contributed by atoms with Crippen molar-refractivity contribution in [3.8, 4) is 5.00 Å². The summed E-state index contributed by atoms with van der Waals surface area (Å²) in [6.07, 6.45) is 9.99. The van der Waals surface area contributed by atoms with Gasteiger partial charge < -0.3 is 4.74 Å². The summed E-state index contributed by atoms with van der Waals surface area (Å²) < 4.78 is 7.30. The fraction of sp³-hybridized carbons (Fsp3) is 0.325. The predicted octanol–water partition coefficient (Wildman–Crippen LogP) is 8.71. The first-order valence-electron chi connectivity index (χ1n) is 17.4. The molecule has 0 saturated carbocycles. The number of unbranched alkanes of at least 4 members (excludes halogenated alkanes) is 2. The first-order valence-corrected chi connectivity index (χ1v) is 18.6. The molecule has 0 radical (unpaired) electrons. The average molecular weight is 705 g/mol. The van der Waals surface area contributed by atoms with E-state index in [1.54, 1.807) is 6.20 Å². The van der Waals surface area contributed by atoms with Crippen molar-refractivity contribution >= 4 is 40.2 Å². The fourth-order valence-corrected chi connectivity index (χ4v) is 8.64. The molecule has 2 aliphatic heterocycles. The van der Waals surface area contributed by atoms with E-state index in [1.165, 1.54) is 32.7 Å². The molecule has 2 aliphatic rings. The Bertz CT molecular complexity index is 2070. The second-order valence-electron chi connectivity index (χ2n) is 12.8. The van der Waals surface area contributed by atoms with E-state index in [0.29, 0.717) is 18.1 Å². The number of thiophene rings is 1. The number of ether oxygens (including phenoxy) is 1. The van der Waals surface area contributed by atoms with E-state index in [-0.39, 0.29) is 12.0 Å². The Morgan fingerprint density at radius 2 is 1.94 bits per heavy atom. The molecule has 50 heavy (non-hydrogen) atoms. The van der Waals surface area contributed by atoms with Gasteiger partial charge in [-0.2, -0.15) is 0 Å². The van der Waals surface area contributed by atoms with E-state index in [2.05, 4.69) is 74.0 Å². The molecule has 0 fully saturated rings. The number of carbonyl (C=O) groups is 1. The predicted molar refractivity (Wildman–Crippen MR) is 200 cm³/mol. The third-order valence-electron chi connectivity index (χ3n) is 9.34. The van der Waals surface area contributed by atoms with E-state index in [9.17, 15) is 4.79 Å². The lowest BCUT2D eigenvalue weighted by molar-refractivity contribution is -0.143. The largest absolute Gasteiger partial charge is 0.466 e. The van der Waals surface area contributed by atoms with E-state index < -0.39 is 0 Å². The topological polar surface area (TPSA) is 85.5 Å². The van der Waals surface area contributed by atoms with Gasteiger partial charge in [-0.15, -0.1) is 21.5 Å². The SMILES string of the molecule is CCOC(=O)CCCC/C=C(/c1cccnc1)c1cccc(CN2CCc3c(sc4c3C(c3ccccc3Cl)=NC(C)c3nnc(C)n3-4)C2)c1. The maximum absolute atomic E-state index is 11.8. The minimum Gasteiger partial charge on any atom is -0.466 e. The monoisotopic (exact) mass is 704 g/mol. The minimum absolute atomic E-state index is 0.123. The van der Waals surface area contributed by atoms with Crippen LogP contribution < -0.4 is 0 Å². The van der Waals surface area contributed by atoms with Gasteiger partial charge in [-0.25, -0.2) is 0 Å². The molecular weight excluding hydrogens is 664 g/mol. The van der Waals surface area contributed by atoms with Crippen LogP contribution in [-0.4, -0.2) is 49.5 Å². The first-order chi connectivity index (χ1) is 24.4. The number of hydrogen-bond acceptors (Lipinski definition) is 8. The van der Waals surface area contributed by atoms with Crippen molar-refractivity contribution in [1.29, 1.82) is 0 Å². The summed E-state index contributed by atoms with van der Waals surface area (Å²) in [6.45, 7) is 9.00. The molecule has 8 nitrogen and oxygen atoms in total. The van der Waals surface area contributed by atoms with Crippen LogP contribution in [0, 0.1) is 6.92 Å². The third kappa shape index (κ3) is 7.08. The number of aliphatic imine (C=N–C) groups is 1. The van der Waals surface area contributed by atoms with E-state index >= 15 is 0 Å². The van der Waals surface area contributed by atoms with Crippen LogP contribution in [0.3, 0.4) is 0 Å². The summed E-state index contributed by atoms with van der Waals surface area (Å²) in [5.74, 6) is 1.60. The number of aryl methyl sites for hydroxylation is 1. The van der Waals surface area contributed by atoms with Gasteiger partial charge in [-0.1, -0.05) is 60.1 Å². The molecule has 0 N–H and O–H groups in total. The number of nitrogens with zero attached hydrogens (tertiary/aromatic N) is 6. The summed E-state index contributed by atoms with van der Waals surface area (Å²) >= 11 is 8.63. The molecule has 1 atom stereocenters. The zero-order valence-corrected chi connectivity index (χ0v) is 30.3. The maximum atomic E-state index is 11.8. The quantitative estimate of drug-likeness (QED) is 0.101. The van der Waals surface area contributed by atoms with Crippen LogP contribution in [-0.2, 0) is 29.0 Å². The number of esters is 1. The first kappa shape index (κ1) is 34.0. The second kappa shape index (κ2) is 15.2. The Hall–Kier alpha value is -4.44. The number of fused-ring (bicyclic) bond motifs is 5. The molecule has 256 valence electrons. The molecule has 5 aromatic rings. The van der Waals surface area contributed by atoms with Crippen molar-refractivity contribution in [2.75, 3.05) is 13.2 Å². The van der Waals surface area contributed by atoms with Gasteiger partial charge in [0.25, 0.3) is 0 Å². The minimum atomic E-state index is -0.153. The highest BCUT2D eigenvalue weighted by Crippen LogP contribution is 2.42. The van der Waals surface area contributed by atoms with Crippen LogP contribution in [0.25, 0.3) is 10.6 Å². The van der Waals surface area contributed by atoms with E-state index in [1.807, 2.05) is 55.6 Å². The lowest BCUT2D eigenvalue weighted by Gasteiger charge is -2.27. The van der Waals surface area contributed by atoms with Gasteiger partial charge in [-0.05, 0) is 86.9 Å². The molecule has 5 heterocycles. The number of benzene rings is 2. The Balaban J connectivity index is 1.14.